The summed E-state index contributed by atoms with van der Waals surface area (Å²) in [6.07, 6.45) is 0. The summed E-state index contributed by atoms with van der Waals surface area (Å²) in [5, 5.41) is 12.5. The van der Waals surface area contributed by atoms with E-state index in [9.17, 15) is 0 Å². The zero-order chi connectivity index (χ0) is 12.8. The van der Waals surface area contributed by atoms with Crippen LogP contribution in [0.1, 0.15) is 25.0 Å². The molecule has 0 spiro atoms. The molecule has 0 aliphatic carbocycles. The fourth-order valence-corrected chi connectivity index (χ4v) is 1.66. The van der Waals surface area contributed by atoms with Crippen LogP contribution in [0.3, 0.4) is 0 Å². The van der Waals surface area contributed by atoms with Gasteiger partial charge >= 0.3 is 0 Å². The van der Waals surface area contributed by atoms with Gasteiger partial charge in [0.1, 0.15) is 6.07 Å². The van der Waals surface area contributed by atoms with Gasteiger partial charge in [0.05, 0.1) is 23.9 Å². The molecule has 17 heavy (non-hydrogen) atoms. The van der Waals surface area contributed by atoms with E-state index in [1.165, 1.54) is 0 Å². The molecule has 0 aliphatic rings. The van der Waals surface area contributed by atoms with Crippen LogP contribution in [0, 0.1) is 24.2 Å². The molecule has 3 nitrogen and oxygen atoms in total. The van der Waals surface area contributed by atoms with Crippen LogP contribution in [-0.2, 0) is 4.74 Å². The molecule has 1 unspecified atom stereocenters. The van der Waals surface area contributed by atoms with Crippen molar-refractivity contribution >= 4 is 5.69 Å². The molecule has 3 heteroatoms. The first-order valence-corrected chi connectivity index (χ1v) is 5.84. The van der Waals surface area contributed by atoms with Gasteiger partial charge in [0, 0.05) is 7.11 Å². The van der Waals surface area contributed by atoms with Gasteiger partial charge in [-0.25, -0.2) is 0 Å². The lowest BCUT2D eigenvalue weighted by Gasteiger charge is -2.23. The summed E-state index contributed by atoms with van der Waals surface area (Å²) in [6.45, 7) is 6.93. The van der Waals surface area contributed by atoms with Crippen molar-refractivity contribution < 1.29 is 4.74 Å². The van der Waals surface area contributed by atoms with Crippen molar-refractivity contribution in [3.05, 3.63) is 29.3 Å². The Balaban J connectivity index is 2.92. The minimum atomic E-state index is 0.217. The minimum absolute atomic E-state index is 0.217. The van der Waals surface area contributed by atoms with Crippen molar-refractivity contribution in [3.63, 3.8) is 0 Å². The van der Waals surface area contributed by atoms with E-state index in [-0.39, 0.29) is 6.04 Å². The molecule has 0 saturated carbocycles. The molecule has 1 atom stereocenters. The van der Waals surface area contributed by atoms with Crippen molar-refractivity contribution in [2.75, 3.05) is 19.0 Å². The van der Waals surface area contributed by atoms with Crippen LogP contribution in [-0.4, -0.2) is 19.8 Å². The number of nitriles is 1. The first-order valence-electron chi connectivity index (χ1n) is 5.84. The maximum Gasteiger partial charge on any atom is 0.101 e. The average molecular weight is 232 g/mol. The lowest BCUT2D eigenvalue weighted by Crippen LogP contribution is -2.30. The van der Waals surface area contributed by atoms with Crippen LogP contribution in [0.25, 0.3) is 0 Å². The Morgan fingerprint density at radius 2 is 2.12 bits per heavy atom. The molecule has 0 heterocycles. The minimum Gasteiger partial charge on any atom is -0.383 e. The molecule has 0 fully saturated rings. The number of nitrogens with zero attached hydrogens (tertiary/aromatic N) is 1. The van der Waals surface area contributed by atoms with E-state index in [0.717, 1.165) is 11.3 Å². The summed E-state index contributed by atoms with van der Waals surface area (Å²) >= 11 is 0. The van der Waals surface area contributed by atoms with Crippen molar-refractivity contribution in [1.29, 1.82) is 5.26 Å². The topological polar surface area (TPSA) is 45.0 Å². The zero-order valence-corrected chi connectivity index (χ0v) is 10.9. The molecule has 0 saturated heterocycles. The number of aryl methyl sites for hydroxylation is 1. The smallest absolute Gasteiger partial charge is 0.101 e. The zero-order valence-electron chi connectivity index (χ0n) is 10.9. The van der Waals surface area contributed by atoms with E-state index >= 15 is 0 Å². The summed E-state index contributed by atoms with van der Waals surface area (Å²) in [5.41, 5.74) is 2.71. The monoisotopic (exact) mass is 232 g/mol. The second kappa shape index (κ2) is 6.27. The number of hydrogen-bond acceptors (Lipinski definition) is 3. The normalized spacial score (nSPS) is 12.2. The van der Waals surface area contributed by atoms with Crippen LogP contribution in [0.2, 0.25) is 0 Å². The first-order chi connectivity index (χ1) is 8.08. The molecule has 0 aliphatic heterocycles. The Hall–Kier alpha value is -1.53. The number of benzene rings is 1. The molecule has 0 bridgehead atoms. The highest BCUT2D eigenvalue weighted by molar-refractivity contribution is 5.59. The van der Waals surface area contributed by atoms with Gasteiger partial charge in [-0.2, -0.15) is 5.26 Å². The van der Waals surface area contributed by atoms with Crippen LogP contribution in [0.15, 0.2) is 18.2 Å². The lowest BCUT2D eigenvalue weighted by molar-refractivity contribution is 0.171. The highest BCUT2D eigenvalue weighted by Crippen LogP contribution is 2.19. The SMILES string of the molecule is COCC(Nc1cc(C)ccc1C#N)C(C)C. The summed E-state index contributed by atoms with van der Waals surface area (Å²) in [6, 6.07) is 8.22. The van der Waals surface area contributed by atoms with Gasteiger partial charge in [-0.3, -0.25) is 0 Å². The van der Waals surface area contributed by atoms with E-state index in [4.69, 9.17) is 10.00 Å². The third kappa shape index (κ3) is 3.76. The molecule has 0 aromatic heterocycles. The highest BCUT2D eigenvalue weighted by atomic mass is 16.5. The van der Waals surface area contributed by atoms with Crippen molar-refractivity contribution in [2.24, 2.45) is 5.92 Å². The largest absolute Gasteiger partial charge is 0.383 e. The molecule has 0 amide bonds. The molecule has 1 aromatic carbocycles. The number of nitrogens with one attached hydrogen (secondary N) is 1. The third-order valence-electron chi connectivity index (χ3n) is 2.79. The van der Waals surface area contributed by atoms with E-state index in [0.29, 0.717) is 18.1 Å². The number of rotatable bonds is 5. The van der Waals surface area contributed by atoms with E-state index in [1.807, 2.05) is 25.1 Å². The molecule has 1 aromatic rings. The summed E-state index contributed by atoms with van der Waals surface area (Å²) in [7, 11) is 1.69. The van der Waals surface area contributed by atoms with Crippen molar-refractivity contribution in [1.82, 2.24) is 0 Å². The van der Waals surface area contributed by atoms with E-state index < -0.39 is 0 Å². The highest BCUT2D eigenvalue weighted by Gasteiger charge is 2.14. The van der Waals surface area contributed by atoms with Gasteiger partial charge < -0.3 is 10.1 Å². The van der Waals surface area contributed by atoms with Crippen molar-refractivity contribution in [2.45, 2.75) is 26.8 Å². The fraction of sp³-hybridized carbons (Fsp3) is 0.500. The Labute approximate surface area is 103 Å². The fourth-order valence-electron chi connectivity index (χ4n) is 1.66. The van der Waals surface area contributed by atoms with E-state index in [1.54, 1.807) is 7.11 Å². The summed E-state index contributed by atoms with van der Waals surface area (Å²) in [4.78, 5) is 0. The molecule has 1 rings (SSSR count). The van der Waals surface area contributed by atoms with Gasteiger partial charge in [0.2, 0.25) is 0 Å². The quantitative estimate of drug-likeness (QED) is 0.849. The number of ether oxygens (including phenoxy) is 1. The number of methoxy groups -OCH3 is 1. The molecule has 92 valence electrons. The molecule has 0 radical (unpaired) electrons. The van der Waals surface area contributed by atoms with Gasteiger partial charge in [-0.1, -0.05) is 19.9 Å². The van der Waals surface area contributed by atoms with Crippen LogP contribution < -0.4 is 5.32 Å². The molecular formula is C14H20N2O. The van der Waals surface area contributed by atoms with Crippen molar-refractivity contribution in [3.8, 4) is 6.07 Å². The Morgan fingerprint density at radius 1 is 1.41 bits per heavy atom. The van der Waals surface area contributed by atoms with Gasteiger partial charge in [-0.05, 0) is 30.5 Å². The van der Waals surface area contributed by atoms with Crippen LogP contribution >= 0.6 is 0 Å². The second-order valence-corrected chi connectivity index (χ2v) is 4.61. The summed E-state index contributed by atoms with van der Waals surface area (Å²) < 4.78 is 5.20. The Morgan fingerprint density at radius 3 is 2.65 bits per heavy atom. The lowest BCUT2D eigenvalue weighted by atomic mass is 10.0. The van der Waals surface area contributed by atoms with Crippen LogP contribution in [0.4, 0.5) is 5.69 Å². The third-order valence-corrected chi connectivity index (χ3v) is 2.79. The molecule has 1 N–H and O–H groups in total. The van der Waals surface area contributed by atoms with Gasteiger partial charge in [0.15, 0.2) is 0 Å². The Bertz CT molecular complexity index is 407. The average Bonchev–Trinajstić information content (AvgIpc) is 2.28. The van der Waals surface area contributed by atoms with Gasteiger partial charge in [-0.15, -0.1) is 0 Å². The predicted molar refractivity (Wildman–Crippen MR) is 70.0 cm³/mol. The second-order valence-electron chi connectivity index (χ2n) is 4.61. The number of anilines is 1. The Kier molecular flexibility index (Phi) is 4.99. The van der Waals surface area contributed by atoms with Crippen LogP contribution in [0.5, 0.6) is 0 Å². The molecular weight excluding hydrogens is 212 g/mol. The maximum absolute atomic E-state index is 9.07. The number of hydrogen-bond donors (Lipinski definition) is 1. The maximum atomic E-state index is 9.07. The van der Waals surface area contributed by atoms with E-state index in [2.05, 4.69) is 25.2 Å². The van der Waals surface area contributed by atoms with Gasteiger partial charge in [0.25, 0.3) is 0 Å². The first kappa shape index (κ1) is 13.5. The standard InChI is InChI=1S/C14H20N2O/c1-10(2)14(9-17-4)16-13-7-11(3)5-6-12(13)8-15/h5-7,10,14,16H,9H2,1-4H3. The summed E-state index contributed by atoms with van der Waals surface area (Å²) in [5.74, 6) is 0.446. The predicted octanol–water partition coefficient (Wildman–Crippen LogP) is 2.95.